The van der Waals surface area contributed by atoms with Crippen molar-refractivity contribution >= 4 is 17.7 Å². The summed E-state index contributed by atoms with van der Waals surface area (Å²) < 4.78 is 24.4. The molecule has 144 valence electrons. The van der Waals surface area contributed by atoms with E-state index in [1.54, 1.807) is 12.1 Å². The zero-order valence-electron chi connectivity index (χ0n) is 15.5. The maximum absolute atomic E-state index is 13.0. The SMILES string of the molecule is CC(C)[C@@H](NC(=O)CSc1ccc(F)cc1)c1ccc2c(c1)OCCCO2. The Hall–Kier alpha value is -2.21. The third-order valence-electron chi connectivity index (χ3n) is 4.30. The molecule has 1 amide bonds. The summed E-state index contributed by atoms with van der Waals surface area (Å²) in [5.41, 5.74) is 0.995. The Bertz CT molecular complexity index is 779. The van der Waals surface area contributed by atoms with Gasteiger partial charge in [-0.25, -0.2) is 4.39 Å². The fraction of sp³-hybridized carbons (Fsp3) is 0.381. The predicted molar refractivity (Wildman–Crippen MR) is 105 cm³/mol. The highest BCUT2D eigenvalue weighted by Crippen LogP contribution is 2.34. The number of rotatable bonds is 6. The van der Waals surface area contributed by atoms with Crippen molar-refractivity contribution < 1.29 is 18.7 Å². The maximum atomic E-state index is 13.0. The van der Waals surface area contributed by atoms with Gasteiger partial charge in [0.1, 0.15) is 5.82 Å². The number of hydrogen-bond donors (Lipinski definition) is 1. The lowest BCUT2D eigenvalue weighted by Gasteiger charge is -2.24. The van der Waals surface area contributed by atoms with E-state index in [-0.39, 0.29) is 29.4 Å². The summed E-state index contributed by atoms with van der Waals surface area (Å²) >= 11 is 1.39. The van der Waals surface area contributed by atoms with E-state index in [0.717, 1.165) is 28.4 Å². The van der Waals surface area contributed by atoms with Gasteiger partial charge >= 0.3 is 0 Å². The molecule has 0 saturated carbocycles. The van der Waals surface area contributed by atoms with Crippen molar-refractivity contribution in [2.75, 3.05) is 19.0 Å². The summed E-state index contributed by atoms with van der Waals surface area (Å²) in [4.78, 5) is 13.3. The summed E-state index contributed by atoms with van der Waals surface area (Å²) in [7, 11) is 0. The van der Waals surface area contributed by atoms with E-state index in [2.05, 4.69) is 19.2 Å². The Balaban J connectivity index is 1.65. The van der Waals surface area contributed by atoms with Crippen molar-refractivity contribution in [2.45, 2.75) is 31.2 Å². The maximum Gasteiger partial charge on any atom is 0.230 e. The van der Waals surface area contributed by atoms with Gasteiger partial charge in [0.05, 0.1) is 25.0 Å². The number of ether oxygens (including phenoxy) is 2. The second-order valence-corrected chi connectivity index (χ2v) is 7.84. The summed E-state index contributed by atoms with van der Waals surface area (Å²) in [6.07, 6.45) is 0.856. The van der Waals surface area contributed by atoms with Crippen LogP contribution in [-0.4, -0.2) is 24.9 Å². The smallest absolute Gasteiger partial charge is 0.230 e. The first-order valence-electron chi connectivity index (χ1n) is 9.10. The minimum Gasteiger partial charge on any atom is -0.490 e. The van der Waals surface area contributed by atoms with Crippen LogP contribution < -0.4 is 14.8 Å². The van der Waals surface area contributed by atoms with Gasteiger partial charge in [0.25, 0.3) is 0 Å². The Labute approximate surface area is 163 Å². The average molecular weight is 389 g/mol. The lowest BCUT2D eigenvalue weighted by Crippen LogP contribution is -2.33. The molecule has 0 aromatic heterocycles. The third-order valence-corrected chi connectivity index (χ3v) is 5.31. The van der Waals surface area contributed by atoms with Gasteiger partial charge in [-0.15, -0.1) is 11.8 Å². The van der Waals surface area contributed by atoms with Crippen LogP contribution in [0.4, 0.5) is 4.39 Å². The third kappa shape index (κ3) is 5.39. The van der Waals surface area contributed by atoms with Gasteiger partial charge < -0.3 is 14.8 Å². The number of benzene rings is 2. The summed E-state index contributed by atoms with van der Waals surface area (Å²) in [6.45, 7) is 5.42. The molecule has 1 aliphatic rings. The highest BCUT2D eigenvalue weighted by molar-refractivity contribution is 8.00. The van der Waals surface area contributed by atoms with Crippen LogP contribution in [0.25, 0.3) is 0 Å². The number of amides is 1. The van der Waals surface area contributed by atoms with Crippen LogP contribution in [-0.2, 0) is 4.79 Å². The molecule has 2 aromatic carbocycles. The number of fused-ring (bicyclic) bond motifs is 1. The van der Waals surface area contributed by atoms with Gasteiger partial charge in [0.15, 0.2) is 11.5 Å². The van der Waals surface area contributed by atoms with Crippen molar-refractivity contribution in [1.29, 1.82) is 0 Å². The van der Waals surface area contributed by atoms with Gasteiger partial charge in [-0.05, 0) is 47.9 Å². The molecule has 0 aliphatic carbocycles. The zero-order chi connectivity index (χ0) is 19.2. The highest BCUT2D eigenvalue weighted by atomic mass is 32.2. The van der Waals surface area contributed by atoms with E-state index in [1.807, 2.05) is 18.2 Å². The van der Waals surface area contributed by atoms with E-state index in [0.29, 0.717) is 13.2 Å². The summed E-state index contributed by atoms with van der Waals surface area (Å²) in [5.74, 6) is 1.63. The quantitative estimate of drug-likeness (QED) is 0.734. The Morgan fingerprint density at radius 3 is 2.52 bits per heavy atom. The van der Waals surface area contributed by atoms with Crippen molar-refractivity contribution in [3.05, 3.63) is 53.8 Å². The monoisotopic (exact) mass is 389 g/mol. The number of thioether (sulfide) groups is 1. The molecule has 6 heteroatoms. The van der Waals surface area contributed by atoms with E-state index >= 15 is 0 Å². The molecular formula is C21H24FNO3S. The Morgan fingerprint density at radius 2 is 1.81 bits per heavy atom. The van der Waals surface area contributed by atoms with Crippen LogP contribution in [0.15, 0.2) is 47.4 Å². The van der Waals surface area contributed by atoms with Crippen LogP contribution >= 0.6 is 11.8 Å². The second kappa shape index (κ2) is 9.13. The number of hydrogen-bond acceptors (Lipinski definition) is 4. The van der Waals surface area contributed by atoms with Gasteiger partial charge in [0.2, 0.25) is 5.91 Å². The normalized spacial score (nSPS) is 14.5. The van der Waals surface area contributed by atoms with Crippen molar-refractivity contribution in [1.82, 2.24) is 5.32 Å². The topological polar surface area (TPSA) is 47.6 Å². The van der Waals surface area contributed by atoms with Crippen molar-refractivity contribution in [3.63, 3.8) is 0 Å². The average Bonchev–Trinajstić information content (AvgIpc) is 2.90. The van der Waals surface area contributed by atoms with Crippen LogP contribution in [0.2, 0.25) is 0 Å². The molecule has 1 aliphatic heterocycles. The number of carbonyl (C=O) groups is 1. The van der Waals surface area contributed by atoms with E-state index in [4.69, 9.17) is 9.47 Å². The Kier molecular flexibility index (Phi) is 6.61. The molecule has 0 unspecified atom stereocenters. The second-order valence-electron chi connectivity index (χ2n) is 6.79. The number of carbonyl (C=O) groups excluding carboxylic acids is 1. The molecule has 27 heavy (non-hydrogen) atoms. The summed E-state index contributed by atoms with van der Waals surface area (Å²) in [5, 5.41) is 3.11. The molecule has 1 heterocycles. The molecule has 2 aromatic rings. The van der Waals surface area contributed by atoms with Crippen LogP contribution in [0, 0.1) is 11.7 Å². The first-order chi connectivity index (χ1) is 13.0. The van der Waals surface area contributed by atoms with Crippen molar-refractivity contribution in [2.24, 2.45) is 5.92 Å². The molecule has 3 rings (SSSR count). The molecule has 1 N–H and O–H groups in total. The van der Waals surface area contributed by atoms with Gasteiger partial charge in [-0.3, -0.25) is 4.79 Å². The van der Waals surface area contributed by atoms with Crippen LogP contribution in [0.5, 0.6) is 11.5 Å². The van der Waals surface area contributed by atoms with Gasteiger partial charge in [-0.2, -0.15) is 0 Å². The molecule has 0 saturated heterocycles. The first kappa shape index (κ1) is 19.5. The molecular weight excluding hydrogens is 365 g/mol. The molecule has 4 nitrogen and oxygen atoms in total. The molecule has 0 spiro atoms. The fourth-order valence-corrected chi connectivity index (χ4v) is 3.61. The minimum atomic E-state index is -0.280. The zero-order valence-corrected chi connectivity index (χ0v) is 16.4. The van der Waals surface area contributed by atoms with Gasteiger partial charge in [0, 0.05) is 11.3 Å². The van der Waals surface area contributed by atoms with Crippen LogP contribution in [0.3, 0.4) is 0 Å². The number of halogens is 1. The highest BCUT2D eigenvalue weighted by Gasteiger charge is 2.21. The predicted octanol–water partition coefficient (Wildman–Crippen LogP) is 4.59. The number of nitrogens with one attached hydrogen (secondary N) is 1. The molecule has 0 bridgehead atoms. The first-order valence-corrected chi connectivity index (χ1v) is 10.1. The Morgan fingerprint density at radius 1 is 1.11 bits per heavy atom. The van der Waals surface area contributed by atoms with E-state index in [9.17, 15) is 9.18 Å². The molecule has 1 atom stereocenters. The minimum absolute atomic E-state index is 0.0601. The summed E-state index contributed by atoms with van der Waals surface area (Å²) in [6, 6.07) is 11.9. The van der Waals surface area contributed by atoms with Crippen molar-refractivity contribution in [3.8, 4) is 11.5 Å². The molecule has 0 radical (unpaired) electrons. The van der Waals surface area contributed by atoms with E-state index < -0.39 is 0 Å². The lowest BCUT2D eigenvalue weighted by atomic mass is 9.95. The largest absolute Gasteiger partial charge is 0.490 e. The van der Waals surface area contributed by atoms with E-state index in [1.165, 1.54) is 23.9 Å². The standard InChI is InChI=1S/C21H24FNO3S/c1-14(2)21(15-4-9-18-19(12-15)26-11-3-10-25-18)23-20(24)13-27-17-7-5-16(22)6-8-17/h4-9,12,14,21H,3,10-11,13H2,1-2H3,(H,23,24)/t21-/m1/s1. The fourth-order valence-electron chi connectivity index (χ4n) is 2.90. The van der Waals surface area contributed by atoms with Crippen LogP contribution in [0.1, 0.15) is 31.9 Å². The molecule has 0 fully saturated rings. The lowest BCUT2D eigenvalue weighted by molar-refractivity contribution is -0.119. The van der Waals surface area contributed by atoms with Gasteiger partial charge in [-0.1, -0.05) is 19.9 Å².